The fourth-order valence-electron chi connectivity index (χ4n) is 9.35. The van der Waals surface area contributed by atoms with Crippen LogP contribution >= 0.6 is 15.6 Å². The number of carbonyl (C=O) groups excluding carboxylic acids is 4. The molecule has 17 nitrogen and oxygen atoms in total. The zero-order valence-corrected chi connectivity index (χ0v) is 54.6. The zero-order valence-electron chi connectivity index (χ0n) is 52.8. The van der Waals surface area contributed by atoms with Crippen molar-refractivity contribution in [2.45, 2.75) is 330 Å². The second kappa shape index (κ2) is 55.6. The number of hydrogen-bond acceptors (Lipinski definition) is 15. The molecule has 0 saturated heterocycles. The summed E-state index contributed by atoms with van der Waals surface area (Å²) in [6.45, 7) is 9.33. The summed E-state index contributed by atoms with van der Waals surface area (Å²) in [5.74, 6) is -0.702. The molecule has 0 aromatic carbocycles. The van der Waals surface area contributed by atoms with Crippen molar-refractivity contribution in [3.05, 3.63) is 0 Å². The molecule has 3 N–H and O–H groups in total. The van der Waals surface area contributed by atoms with Crippen molar-refractivity contribution >= 4 is 39.5 Å². The molecule has 0 fully saturated rings. The highest BCUT2D eigenvalue weighted by atomic mass is 31.2. The molecule has 82 heavy (non-hydrogen) atoms. The molecule has 0 aromatic rings. The van der Waals surface area contributed by atoms with Gasteiger partial charge >= 0.3 is 39.5 Å². The number of hydrogen-bond donors (Lipinski definition) is 3. The van der Waals surface area contributed by atoms with E-state index in [0.29, 0.717) is 25.7 Å². The SMILES string of the molecule is CCCCCCCCCCCCCCCCCC(=O)O[C@H](COC(=O)CCCCCCCCCCC(C)C)COP(=O)(O)OC[C@@H](O)COP(=O)(O)OC[C@@H](COC(=O)CCCCCCC)OC(=O)CCCCCCCCCCC(C)C. The largest absolute Gasteiger partial charge is 0.472 e. The van der Waals surface area contributed by atoms with Crippen LogP contribution in [0, 0.1) is 11.8 Å². The summed E-state index contributed by atoms with van der Waals surface area (Å²) in [5.41, 5.74) is 0. The topological polar surface area (TPSA) is 237 Å². The van der Waals surface area contributed by atoms with Crippen LogP contribution in [0.5, 0.6) is 0 Å². The maximum atomic E-state index is 13.0. The van der Waals surface area contributed by atoms with Crippen molar-refractivity contribution in [1.29, 1.82) is 0 Å². The maximum absolute atomic E-state index is 13.0. The summed E-state index contributed by atoms with van der Waals surface area (Å²) in [4.78, 5) is 71.9. The minimum absolute atomic E-state index is 0.103. The fourth-order valence-corrected chi connectivity index (χ4v) is 10.9. The number of aliphatic hydroxyl groups is 1. The van der Waals surface area contributed by atoms with Crippen LogP contribution in [0.4, 0.5) is 0 Å². The molecular formula is C63H122O17P2. The summed E-state index contributed by atoms with van der Waals surface area (Å²) < 4.78 is 67.8. The van der Waals surface area contributed by atoms with Crippen LogP contribution in [0.3, 0.4) is 0 Å². The quantitative estimate of drug-likeness (QED) is 0.0222. The highest BCUT2D eigenvalue weighted by molar-refractivity contribution is 7.47. The lowest BCUT2D eigenvalue weighted by Crippen LogP contribution is -2.30. The summed E-state index contributed by atoms with van der Waals surface area (Å²) >= 11 is 0. The van der Waals surface area contributed by atoms with Crippen molar-refractivity contribution in [1.82, 2.24) is 0 Å². The van der Waals surface area contributed by atoms with Gasteiger partial charge in [-0.2, -0.15) is 0 Å². The Morgan fingerprint density at radius 2 is 0.561 bits per heavy atom. The van der Waals surface area contributed by atoms with Gasteiger partial charge in [0.1, 0.15) is 19.3 Å². The van der Waals surface area contributed by atoms with E-state index in [1.165, 1.54) is 122 Å². The van der Waals surface area contributed by atoms with Gasteiger partial charge in [0.25, 0.3) is 0 Å². The first-order valence-corrected chi connectivity index (χ1v) is 36.0. The monoisotopic (exact) mass is 1210 g/mol. The second-order valence-corrected chi connectivity index (χ2v) is 26.7. The molecule has 0 radical (unpaired) electrons. The molecule has 0 bridgehead atoms. The van der Waals surface area contributed by atoms with Crippen LogP contribution in [0.1, 0.15) is 311 Å². The van der Waals surface area contributed by atoms with E-state index in [2.05, 4.69) is 41.5 Å². The first-order chi connectivity index (χ1) is 39.4. The van der Waals surface area contributed by atoms with Crippen LogP contribution in [-0.4, -0.2) is 96.7 Å². The number of carbonyl (C=O) groups is 4. The molecule has 0 aliphatic rings. The molecule has 5 atom stereocenters. The predicted octanol–water partition coefficient (Wildman–Crippen LogP) is 17.3. The smallest absolute Gasteiger partial charge is 0.462 e. The van der Waals surface area contributed by atoms with E-state index in [9.17, 15) is 43.2 Å². The van der Waals surface area contributed by atoms with E-state index in [1.54, 1.807) is 0 Å². The fraction of sp³-hybridized carbons (Fsp3) is 0.937. The molecular weight excluding hydrogens is 1090 g/mol. The van der Waals surface area contributed by atoms with Crippen molar-refractivity contribution in [2.75, 3.05) is 39.6 Å². The Morgan fingerprint density at radius 1 is 0.329 bits per heavy atom. The Balaban J connectivity index is 5.17. The number of esters is 4. The highest BCUT2D eigenvalue weighted by Crippen LogP contribution is 2.45. The summed E-state index contributed by atoms with van der Waals surface area (Å²) in [6.07, 6.45) is 38.0. The summed E-state index contributed by atoms with van der Waals surface area (Å²) in [7, 11) is -9.88. The number of phosphoric acid groups is 2. The minimum Gasteiger partial charge on any atom is -0.462 e. The molecule has 0 aromatic heterocycles. The lowest BCUT2D eigenvalue weighted by molar-refractivity contribution is -0.161. The van der Waals surface area contributed by atoms with Crippen LogP contribution in [0.25, 0.3) is 0 Å². The molecule has 0 spiro atoms. The van der Waals surface area contributed by atoms with Crippen LogP contribution in [0.15, 0.2) is 0 Å². The lowest BCUT2D eigenvalue weighted by atomic mass is 10.0. The third-order valence-electron chi connectivity index (χ3n) is 14.5. The van der Waals surface area contributed by atoms with Gasteiger partial charge in [-0.05, 0) is 37.5 Å². The highest BCUT2D eigenvalue weighted by Gasteiger charge is 2.30. The lowest BCUT2D eigenvalue weighted by Gasteiger charge is -2.21. The number of ether oxygens (including phenoxy) is 4. The van der Waals surface area contributed by atoms with Gasteiger partial charge in [-0.25, -0.2) is 9.13 Å². The molecule has 0 rings (SSSR count). The molecule has 2 unspecified atom stereocenters. The summed E-state index contributed by atoms with van der Waals surface area (Å²) in [5, 5.41) is 10.5. The van der Waals surface area contributed by atoms with E-state index in [1.807, 2.05) is 0 Å². The molecule has 0 heterocycles. The van der Waals surface area contributed by atoms with E-state index < -0.39 is 97.5 Å². The molecule has 0 saturated carbocycles. The van der Waals surface area contributed by atoms with Crippen LogP contribution in [0.2, 0.25) is 0 Å². The van der Waals surface area contributed by atoms with Crippen molar-refractivity contribution in [3.63, 3.8) is 0 Å². The van der Waals surface area contributed by atoms with Crippen molar-refractivity contribution < 1.29 is 80.2 Å². The summed E-state index contributed by atoms with van der Waals surface area (Å²) in [6, 6.07) is 0. The van der Waals surface area contributed by atoms with Gasteiger partial charge < -0.3 is 33.8 Å². The Kier molecular flexibility index (Phi) is 54.3. The standard InChI is InChI=1S/C63H122O17P2/c1-7-9-11-13-14-15-16-17-18-19-20-21-29-35-41-47-62(67)80-59(52-74-61(66)46-40-34-28-24-22-26-32-37-43-55(3)4)54-78-82(71,72)76-50-57(64)49-75-81(69,70)77-53-58(51-73-60(65)45-39-31-12-10-8-2)79-63(68)48-42-36-30-25-23-27-33-38-44-56(5)6/h55-59,64H,7-54H2,1-6H3,(H,69,70)(H,71,72)/t57-,58+,59+/m0/s1. The van der Waals surface area contributed by atoms with Crippen LogP contribution in [-0.2, 0) is 65.4 Å². The number of rotatable bonds is 62. The Bertz CT molecular complexity index is 1620. The normalized spacial score (nSPS) is 14.3. The van der Waals surface area contributed by atoms with E-state index >= 15 is 0 Å². The maximum Gasteiger partial charge on any atom is 0.472 e. The van der Waals surface area contributed by atoms with E-state index in [-0.39, 0.29) is 25.7 Å². The van der Waals surface area contributed by atoms with Gasteiger partial charge in [0, 0.05) is 25.7 Å². The molecule has 486 valence electrons. The van der Waals surface area contributed by atoms with Crippen molar-refractivity contribution in [2.24, 2.45) is 11.8 Å². The van der Waals surface area contributed by atoms with E-state index in [4.69, 9.17) is 37.0 Å². The average molecular weight is 1210 g/mol. The number of aliphatic hydroxyl groups excluding tert-OH is 1. The Labute approximate surface area is 498 Å². The molecule has 0 amide bonds. The number of phosphoric ester groups is 2. The van der Waals surface area contributed by atoms with E-state index in [0.717, 1.165) is 108 Å². The second-order valence-electron chi connectivity index (χ2n) is 23.7. The third kappa shape index (κ3) is 57.2. The molecule has 0 aliphatic heterocycles. The van der Waals surface area contributed by atoms with Crippen LogP contribution < -0.4 is 0 Å². The van der Waals surface area contributed by atoms with Gasteiger partial charge in [-0.1, -0.05) is 260 Å². The molecule has 19 heteroatoms. The van der Waals surface area contributed by atoms with Gasteiger partial charge in [-0.3, -0.25) is 37.3 Å². The van der Waals surface area contributed by atoms with Gasteiger partial charge in [0.05, 0.1) is 26.4 Å². The van der Waals surface area contributed by atoms with Gasteiger partial charge in [0.2, 0.25) is 0 Å². The molecule has 0 aliphatic carbocycles. The van der Waals surface area contributed by atoms with Crippen molar-refractivity contribution in [3.8, 4) is 0 Å². The predicted molar refractivity (Wildman–Crippen MR) is 326 cm³/mol. The Hall–Kier alpha value is -1.94. The first kappa shape index (κ1) is 80.1. The zero-order chi connectivity index (χ0) is 60.8. The van der Waals surface area contributed by atoms with Gasteiger partial charge in [-0.15, -0.1) is 0 Å². The van der Waals surface area contributed by atoms with Gasteiger partial charge in [0.15, 0.2) is 12.2 Å². The Morgan fingerprint density at radius 3 is 0.829 bits per heavy atom. The third-order valence-corrected chi connectivity index (χ3v) is 16.4. The average Bonchev–Trinajstić information content (AvgIpc) is 3.43. The number of unbranched alkanes of at least 4 members (excludes halogenated alkanes) is 32. The first-order valence-electron chi connectivity index (χ1n) is 33.0. The minimum atomic E-state index is -4.94.